The van der Waals surface area contributed by atoms with Gasteiger partial charge in [-0.05, 0) is 30.0 Å². The summed E-state index contributed by atoms with van der Waals surface area (Å²) in [6, 6.07) is 23.6. The van der Waals surface area contributed by atoms with Crippen molar-refractivity contribution in [1.82, 2.24) is 4.31 Å². The molecule has 0 fully saturated rings. The average Bonchev–Trinajstić information content (AvgIpc) is 2.85. The molecule has 6 nitrogen and oxygen atoms in total. The highest BCUT2D eigenvalue weighted by atomic mass is 32.2. The lowest BCUT2D eigenvalue weighted by Crippen LogP contribution is -2.50. The number of rotatable bonds is 10. The van der Waals surface area contributed by atoms with Gasteiger partial charge in [0.15, 0.2) is 5.78 Å². The zero-order valence-corrected chi connectivity index (χ0v) is 22.0. The lowest BCUT2D eigenvalue weighted by molar-refractivity contribution is -0.145. The molecule has 3 aromatic carbocycles. The van der Waals surface area contributed by atoms with E-state index < -0.39 is 34.0 Å². The Hall–Kier alpha value is -3.29. The molecule has 0 aromatic heterocycles. The van der Waals surface area contributed by atoms with Crippen molar-refractivity contribution in [3.05, 3.63) is 102 Å². The summed E-state index contributed by atoms with van der Waals surface area (Å²) in [5.74, 6) is -0.881. The predicted octanol–water partition coefficient (Wildman–Crippen LogP) is 5.42. The van der Waals surface area contributed by atoms with Gasteiger partial charge in [-0.2, -0.15) is 4.31 Å². The number of carbonyl (C=O) groups is 2. The molecule has 0 bridgehead atoms. The molecular formula is C29H33NO5S. The molecule has 1 atom stereocenters. The first-order chi connectivity index (χ1) is 17.0. The van der Waals surface area contributed by atoms with Crippen LogP contribution in [0.3, 0.4) is 0 Å². The van der Waals surface area contributed by atoms with E-state index in [0.29, 0.717) is 5.56 Å². The molecule has 0 aliphatic carbocycles. The van der Waals surface area contributed by atoms with Crippen LogP contribution in [0.1, 0.15) is 48.7 Å². The summed E-state index contributed by atoms with van der Waals surface area (Å²) in [6.45, 7) is 6.98. The van der Waals surface area contributed by atoms with Gasteiger partial charge in [0.1, 0.15) is 13.2 Å². The van der Waals surface area contributed by atoms with Gasteiger partial charge < -0.3 is 4.74 Å². The van der Waals surface area contributed by atoms with Crippen LogP contribution in [0, 0.1) is 12.3 Å². The smallest absolute Gasteiger partial charge is 0.321 e. The molecule has 0 spiro atoms. The van der Waals surface area contributed by atoms with E-state index in [-0.39, 0.29) is 23.7 Å². The van der Waals surface area contributed by atoms with Crippen LogP contribution in [0.2, 0.25) is 0 Å². The first kappa shape index (κ1) is 27.3. The molecule has 3 rings (SSSR count). The van der Waals surface area contributed by atoms with E-state index >= 15 is 0 Å². The quantitative estimate of drug-likeness (QED) is 0.271. The number of Topliss-reactive ketones (excluding diaryl/α,β-unsaturated/α-hetero) is 1. The number of ketones is 1. The van der Waals surface area contributed by atoms with Gasteiger partial charge in [-0.25, -0.2) is 8.42 Å². The molecule has 0 amide bonds. The Balaban J connectivity index is 1.95. The normalized spacial score (nSPS) is 12.8. The van der Waals surface area contributed by atoms with Crippen LogP contribution < -0.4 is 0 Å². The van der Waals surface area contributed by atoms with Crippen LogP contribution >= 0.6 is 0 Å². The van der Waals surface area contributed by atoms with Crippen molar-refractivity contribution in [2.75, 3.05) is 6.54 Å². The van der Waals surface area contributed by atoms with Crippen LogP contribution in [0.15, 0.2) is 89.8 Å². The van der Waals surface area contributed by atoms with Gasteiger partial charge in [-0.1, -0.05) is 99.1 Å². The molecular weight excluding hydrogens is 474 g/mol. The molecule has 1 unspecified atom stereocenters. The summed E-state index contributed by atoms with van der Waals surface area (Å²) >= 11 is 0. The molecule has 0 aliphatic rings. The number of aryl methyl sites for hydroxylation is 1. The first-order valence-electron chi connectivity index (χ1n) is 11.8. The number of esters is 1. The lowest BCUT2D eigenvalue weighted by Gasteiger charge is -2.38. The zero-order chi connectivity index (χ0) is 26.3. The second-order valence-corrected chi connectivity index (χ2v) is 11.8. The van der Waals surface area contributed by atoms with Crippen molar-refractivity contribution in [2.45, 2.75) is 51.7 Å². The van der Waals surface area contributed by atoms with E-state index in [4.69, 9.17) is 4.74 Å². The van der Waals surface area contributed by atoms with Crippen LogP contribution in [-0.2, 0) is 26.2 Å². The summed E-state index contributed by atoms with van der Waals surface area (Å²) in [4.78, 5) is 26.2. The van der Waals surface area contributed by atoms with Gasteiger partial charge in [0.05, 0.1) is 4.90 Å². The molecule has 7 heteroatoms. The minimum atomic E-state index is -4.13. The minimum absolute atomic E-state index is 0.0290. The van der Waals surface area contributed by atoms with Gasteiger partial charge >= 0.3 is 5.97 Å². The van der Waals surface area contributed by atoms with Crippen LogP contribution in [-0.4, -0.2) is 37.1 Å². The van der Waals surface area contributed by atoms with Crippen molar-refractivity contribution in [2.24, 2.45) is 5.41 Å². The third kappa shape index (κ3) is 7.12. The highest BCUT2D eigenvalue weighted by molar-refractivity contribution is 7.89. The number of ether oxygens (including phenoxy) is 1. The van der Waals surface area contributed by atoms with E-state index in [1.165, 1.54) is 12.1 Å². The summed E-state index contributed by atoms with van der Waals surface area (Å²) < 4.78 is 34.3. The fraction of sp³-hybridized carbons (Fsp3) is 0.310. The third-order valence-electron chi connectivity index (χ3n) is 5.98. The maximum atomic E-state index is 13.9. The Bertz CT molecular complexity index is 1260. The standard InChI is InChI=1S/C29H33NO5S/c1-22-15-17-25(18-16-22)36(33,34)30(20-28(32)35-21-23-11-7-5-8-12-23)27(29(2,3)4)19-26(31)24-13-9-6-10-14-24/h5-18,27H,19-21H2,1-4H3. The van der Waals surface area contributed by atoms with Crippen LogP contribution in [0.4, 0.5) is 0 Å². The van der Waals surface area contributed by atoms with E-state index in [9.17, 15) is 18.0 Å². The minimum Gasteiger partial charge on any atom is -0.460 e. The topological polar surface area (TPSA) is 80.8 Å². The number of hydrogen-bond acceptors (Lipinski definition) is 5. The Morgan fingerprint density at radius 1 is 0.861 bits per heavy atom. The van der Waals surface area contributed by atoms with Crippen LogP contribution in [0.25, 0.3) is 0 Å². The Morgan fingerprint density at radius 2 is 1.42 bits per heavy atom. The molecule has 3 aromatic rings. The number of hydrogen-bond donors (Lipinski definition) is 0. The SMILES string of the molecule is Cc1ccc(S(=O)(=O)N(CC(=O)OCc2ccccc2)C(CC(=O)c2ccccc2)C(C)(C)C)cc1. The molecule has 190 valence electrons. The highest BCUT2D eigenvalue weighted by Gasteiger charge is 2.41. The molecule has 0 N–H and O–H groups in total. The molecule has 36 heavy (non-hydrogen) atoms. The highest BCUT2D eigenvalue weighted by Crippen LogP contribution is 2.32. The largest absolute Gasteiger partial charge is 0.460 e. The number of sulfonamides is 1. The van der Waals surface area contributed by atoms with Crippen molar-refractivity contribution < 1.29 is 22.7 Å². The van der Waals surface area contributed by atoms with Gasteiger partial charge in [0, 0.05) is 18.0 Å². The monoisotopic (exact) mass is 507 g/mol. The lowest BCUT2D eigenvalue weighted by atomic mass is 9.83. The van der Waals surface area contributed by atoms with E-state index in [0.717, 1.165) is 15.4 Å². The summed E-state index contributed by atoms with van der Waals surface area (Å²) in [6.07, 6.45) is -0.0788. The maximum absolute atomic E-state index is 13.9. The second kappa shape index (κ2) is 11.6. The fourth-order valence-electron chi connectivity index (χ4n) is 3.88. The van der Waals surface area contributed by atoms with Crippen molar-refractivity contribution in [1.29, 1.82) is 0 Å². The van der Waals surface area contributed by atoms with Crippen molar-refractivity contribution in [3.8, 4) is 0 Å². The Kier molecular flexibility index (Phi) is 8.82. The van der Waals surface area contributed by atoms with E-state index in [1.54, 1.807) is 36.4 Å². The number of benzene rings is 3. The van der Waals surface area contributed by atoms with Gasteiger partial charge in [-0.15, -0.1) is 0 Å². The molecule has 0 radical (unpaired) electrons. The van der Waals surface area contributed by atoms with Gasteiger partial charge in [-0.3, -0.25) is 9.59 Å². The molecule has 0 aliphatic heterocycles. The Morgan fingerprint density at radius 3 is 1.97 bits per heavy atom. The van der Waals surface area contributed by atoms with Crippen molar-refractivity contribution >= 4 is 21.8 Å². The van der Waals surface area contributed by atoms with Crippen molar-refractivity contribution in [3.63, 3.8) is 0 Å². The molecule has 0 saturated carbocycles. The van der Waals surface area contributed by atoms with Gasteiger partial charge in [0.25, 0.3) is 0 Å². The number of nitrogens with zero attached hydrogens (tertiary/aromatic N) is 1. The Labute approximate surface area is 214 Å². The zero-order valence-electron chi connectivity index (χ0n) is 21.2. The van der Waals surface area contributed by atoms with Crippen LogP contribution in [0.5, 0.6) is 0 Å². The summed E-state index contributed by atoms with van der Waals surface area (Å²) in [5.41, 5.74) is 1.55. The molecule has 0 saturated heterocycles. The van der Waals surface area contributed by atoms with Gasteiger partial charge in [0.2, 0.25) is 10.0 Å². The third-order valence-corrected chi connectivity index (χ3v) is 7.85. The summed E-state index contributed by atoms with van der Waals surface area (Å²) in [5, 5.41) is 0. The second-order valence-electron chi connectivity index (χ2n) is 9.88. The average molecular weight is 508 g/mol. The van der Waals surface area contributed by atoms with E-state index in [1.807, 2.05) is 64.1 Å². The number of carbonyl (C=O) groups excluding carboxylic acids is 2. The maximum Gasteiger partial charge on any atom is 0.321 e. The summed E-state index contributed by atoms with van der Waals surface area (Å²) in [7, 11) is -4.13. The molecule has 0 heterocycles. The first-order valence-corrected chi connectivity index (χ1v) is 13.3. The predicted molar refractivity (Wildman–Crippen MR) is 140 cm³/mol. The fourth-order valence-corrected chi connectivity index (χ4v) is 5.63. The van der Waals surface area contributed by atoms with E-state index in [2.05, 4.69) is 0 Å².